The summed E-state index contributed by atoms with van der Waals surface area (Å²) in [5, 5.41) is 8.94. The number of rotatable bonds is 5. The van der Waals surface area contributed by atoms with Crippen LogP contribution in [-0.4, -0.2) is 57.5 Å². The summed E-state index contributed by atoms with van der Waals surface area (Å²) < 4.78 is 39.2. The quantitative estimate of drug-likeness (QED) is 0.675. The second kappa shape index (κ2) is 8.98. The van der Waals surface area contributed by atoms with Gasteiger partial charge in [-0.1, -0.05) is 12.1 Å². The van der Waals surface area contributed by atoms with Gasteiger partial charge in [0.2, 0.25) is 17.6 Å². The van der Waals surface area contributed by atoms with Gasteiger partial charge in [0, 0.05) is 19.7 Å². The van der Waals surface area contributed by atoms with Crippen molar-refractivity contribution in [2.45, 2.75) is 19.3 Å². The molecule has 31 heavy (non-hydrogen) atoms. The number of benzene rings is 1. The molecule has 1 aromatic heterocycles. The van der Waals surface area contributed by atoms with Crippen LogP contribution in [0.2, 0.25) is 0 Å². The molecule has 0 bridgehead atoms. The molecule has 9 nitrogen and oxygen atoms in total. The number of alkyl halides is 3. The molecule has 1 aliphatic heterocycles. The first-order chi connectivity index (χ1) is 14.7. The van der Waals surface area contributed by atoms with Crippen molar-refractivity contribution < 1.29 is 27.6 Å². The van der Waals surface area contributed by atoms with E-state index in [1.165, 1.54) is 30.2 Å². The fraction of sp³-hybridized carbons (Fsp3) is 0.316. The van der Waals surface area contributed by atoms with E-state index in [0.29, 0.717) is 24.5 Å². The Kier molecular flexibility index (Phi) is 6.37. The molecule has 2 heterocycles. The van der Waals surface area contributed by atoms with Crippen molar-refractivity contribution in [3.8, 4) is 0 Å². The second-order valence-corrected chi connectivity index (χ2v) is 6.64. The highest BCUT2D eigenvalue weighted by Gasteiger charge is 2.29. The number of halogens is 3. The summed E-state index contributed by atoms with van der Waals surface area (Å²) in [7, 11) is 1.47. The molecule has 0 saturated carbocycles. The van der Waals surface area contributed by atoms with Crippen molar-refractivity contribution >= 4 is 23.8 Å². The van der Waals surface area contributed by atoms with Gasteiger partial charge in [-0.25, -0.2) is 9.67 Å². The summed E-state index contributed by atoms with van der Waals surface area (Å²) in [6.07, 6.45) is -1.94. The summed E-state index contributed by atoms with van der Waals surface area (Å²) in [4.78, 5) is 41.5. The van der Waals surface area contributed by atoms with E-state index in [4.69, 9.17) is 0 Å². The van der Waals surface area contributed by atoms with Gasteiger partial charge in [-0.3, -0.25) is 14.4 Å². The van der Waals surface area contributed by atoms with E-state index < -0.39 is 23.6 Å². The van der Waals surface area contributed by atoms with E-state index in [9.17, 15) is 27.6 Å². The Bertz CT molecular complexity index is 1010. The van der Waals surface area contributed by atoms with E-state index >= 15 is 0 Å². The molecule has 3 amide bonds. The Hall–Kier alpha value is -3.70. The molecular weight excluding hydrogens is 417 g/mol. The fourth-order valence-electron chi connectivity index (χ4n) is 2.85. The average molecular weight is 436 g/mol. The summed E-state index contributed by atoms with van der Waals surface area (Å²) in [5.74, 6) is -0.838. The first kappa shape index (κ1) is 22.0. The Balaban J connectivity index is 1.50. The maximum Gasteiger partial charge on any atom is 0.416 e. The predicted octanol–water partition coefficient (Wildman–Crippen LogP) is 0.828. The van der Waals surface area contributed by atoms with Crippen molar-refractivity contribution in [1.29, 1.82) is 0 Å². The third kappa shape index (κ3) is 5.47. The Morgan fingerprint density at radius 1 is 1.16 bits per heavy atom. The zero-order valence-electron chi connectivity index (χ0n) is 16.4. The monoisotopic (exact) mass is 436 g/mol. The Morgan fingerprint density at radius 3 is 2.52 bits per heavy atom. The van der Waals surface area contributed by atoms with Gasteiger partial charge in [0.1, 0.15) is 5.82 Å². The summed E-state index contributed by atoms with van der Waals surface area (Å²) in [6.45, 7) is 0.610. The minimum atomic E-state index is -4.42. The van der Waals surface area contributed by atoms with E-state index in [0.717, 1.165) is 18.2 Å². The van der Waals surface area contributed by atoms with E-state index in [2.05, 4.69) is 20.7 Å². The molecule has 0 fully saturated rings. The number of nitrogens with zero attached hydrogens (tertiary/aromatic N) is 4. The van der Waals surface area contributed by atoms with Crippen LogP contribution in [-0.2, 0) is 28.9 Å². The SMILES string of the molecule is CNC(=O)c1nc2n(n1)CCN(C(=O)CNC(=O)/C=C/c1ccc(C(F)(F)F)cc1)C2. The first-order valence-corrected chi connectivity index (χ1v) is 9.24. The lowest BCUT2D eigenvalue weighted by molar-refractivity contribution is -0.137. The number of hydrogen-bond acceptors (Lipinski definition) is 5. The van der Waals surface area contributed by atoms with Gasteiger partial charge >= 0.3 is 6.18 Å². The lowest BCUT2D eigenvalue weighted by Crippen LogP contribution is -2.43. The van der Waals surface area contributed by atoms with Crippen LogP contribution in [0, 0.1) is 0 Å². The highest BCUT2D eigenvalue weighted by Crippen LogP contribution is 2.29. The van der Waals surface area contributed by atoms with Crippen LogP contribution in [0.15, 0.2) is 30.3 Å². The maximum atomic E-state index is 12.6. The smallest absolute Gasteiger partial charge is 0.352 e. The average Bonchev–Trinajstić information content (AvgIpc) is 3.18. The normalized spacial score (nSPS) is 13.7. The number of aromatic nitrogens is 3. The molecule has 0 spiro atoms. The van der Waals surface area contributed by atoms with Crippen LogP contribution >= 0.6 is 0 Å². The van der Waals surface area contributed by atoms with Gasteiger partial charge in [0.25, 0.3) is 5.91 Å². The molecular formula is C19H19F3N6O3. The zero-order chi connectivity index (χ0) is 22.6. The van der Waals surface area contributed by atoms with Crippen LogP contribution in [0.5, 0.6) is 0 Å². The molecule has 1 aliphatic rings. The molecule has 0 atom stereocenters. The van der Waals surface area contributed by atoms with Crippen LogP contribution < -0.4 is 10.6 Å². The molecule has 0 aliphatic carbocycles. The van der Waals surface area contributed by atoms with Crippen molar-refractivity contribution in [2.75, 3.05) is 20.1 Å². The van der Waals surface area contributed by atoms with Crippen molar-refractivity contribution in [2.24, 2.45) is 0 Å². The lowest BCUT2D eigenvalue weighted by atomic mass is 10.1. The largest absolute Gasteiger partial charge is 0.416 e. The molecule has 0 saturated heterocycles. The molecule has 0 radical (unpaired) electrons. The number of hydrogen-bond donors (Lipinski definition) is 2. The minimum absolute atomic E-state index is 0.0218. The van der Waals surface area contributed by atoms with Crippen LogP contribution in [0.1, 0.15) is 27.6 Å². The number of nitrogens with one attached hydrogen (secondary N) is 2. The van der Waals surface area contributed by atoms with Gasteiger partial charge in [0.05, 0.1) is 25.2 Å². The van der Waals surface area contributed by atoms with Gasteiger partial charge in [-0.15, -0.1) is 5.10 Å². The van der Waals surface area contributed by atoms with Crippen molar-refractivity contribution in [3.05, 3.63) is 53.1 Å². The molecule has 164 valence electrons. The van der Waals surface area contributed by atoms with Gasteiger partial charge in [-0.05, 0) is 23.8 Å². The number of carbonyl (C=O) groups is 3. The van der Waals surface area contributed by atoms with Gasteiger partial charge in [0.15, 0.2) is 0 Å². The Morgan fingerprint density at radius 2 is 1.87 bits per heavy atom. The number of carbonyl (C=O) groups excluding carboxylic acids is 3. The standard InChI is InChI=1S/C19H19F3N6O3/c1-23-18(31)17-25-14-11-27(8-9-28(14)26-17)16(30)10-24-15(29)7-4-12-2-5-13(6-3-12)19(20,21)22/h2-7H,8-11H2,1H3,(H,23,31)(H,24,29)/b7-4+. The maximum absolute atomic E-state index is 12.6. The molecule has 0 unspecified atom stereocenters. The van der Waals surface area contributed by atoms with Crippen LogP contribution in [0.4, 0.5) is 13.2 Å². The number of amides is 3. The molecule has 3 rings (SSSR count). The van der Waals surface area contributed by atoms with Gasteiger partial charge < -0.3 is 15.5 Å². The highest BCUT2D eigenvalue weighted by molar-refractivity contribution is 5.94. The van der Waals surface area contributed by atoms with Crippen molar-refractivity contribution in [3.63, 3.8) is 0 Å². The topological polar surface area (TPSA) is 109 Å². The van der Waals surface area contributed by atoms with E-state index in [1.807, 2.05) is 0 Å². The van der Waals surface area contributed by atoms with Crippen LogP contribution in [0.3, 0.4) is 0 Å². The molecule has 12 heteroatoms. The predicted molar refractivity (Wildman–Crippen MR) is 102 cm³/mol. The number of fused-ring (bicyclic) bond motifs is 1. The lowest BCUT2D eigenvalue weighted by Gasteiger charge is -2.26. The van der Waals surface area contributed by atoms with Crippen LogP contribution in [0.25, 0.3) is 6.08 Å². The Labute approximate surface area is 174 Å². The second-order valence-electron chi connectivity index (χ2n) is 6.64. The van der Waals surface area contributed by atoms with E-state index in [1.54, 1.807) is 4.68 Å². The first-order valence-electron chi connectivity index (χ1n) is 9.24. The van der Waals surface area contributed by atoms with Crippen molar-refractivity contribution in [1.82, 2.24) is 30.3 Å². The molecule has 2 aromatic rings. The summed E-state index contributed by atoms with van der Waals surface area (Å²) >= 11 is 0. The fourth-order valence-corrected chi connectivity index (χ4v) is 2.85. The summed E-state index contributed by atoms with van der Waals surface area (Å²) in [6, 6.07) is 4.33. The van der Waals surface area contributed by atoms with Gasteiger partial charge in [-0.2, -0.15) is 13.2 Å². The third-order valence-electron chi connectivity index (χ3n) is 4.52. The zero-order valence-corrected chi connectivity index (χ0v) is 16.4. The highest BCUT2D eigenvalue weighted by atomic mass is 19.4. The molecule has 1 aromatic carbocycles. The van der Waals surface area contributed by atoms with E-state index in [-0.39, 0.29) is 24.8 Å². The minimum Gasteiger partial charge on any atom is -0.352 e. The third-order valence-corrected chi connectivity index (χ3v) is 4.52. The molecule has 2 N–H and O–H groups in total. The summed E-state index contributed by atoms with van der Waals surface area (Å²) in [5.41, 5.74) is -0.365.